The lowest BCUT2D eigenvalue weighted by Crippen LogP contribution is -2.17. The summed E-state index contributed by atoms with van der Waals surface area (Å²) in [7, 11) is 0. The SMILES string of the molecule is CC(=O)Oc1c(-c2ccc(NC(=O)C(C)C)cc2)c(-c2cccc(C)c2)nn1-c1ccccc1C. The van der Waals surface area contributed by atoms with Gasteiger partial charge in [0.1, 0.15) is 5.69 Å². The van der Waals surface area contributed by atoms with Crippen LogP contribution < -0.4 is 10.1 Å². The number of amides is 1. The highest BCUT2D eigenvalue weighted by molar-refractivity contribution is 5.93. The second kappa shape index (κ2) is 9.97. The third-order valence-corrected chi connectivity index (χ3v) is 5.68. The van der Waals surface area contributed by atoms with E-state index in [1.807, 2.05) is 94.4 Å². The number of carbonyl (C=O) groups excluding carboxylic acids is 2. The van der Waals surface area contributed by atoms with Gasteiger partial charge in [0, 0.05) is 24.1 Å². The Morgan fingerprint density at radius 2 is 1.63 bits per heavy atom. The quantitative estimate of drug-likeness (QED) is 0.336. The number of para-hydroxylation sites is 1. The Labute approximate surface area is 205 Å². The first-order chi connectivity index (χ1) is 16.7. The molecule has 0 radical (unpaired) electrons. The van der Waals surface area contributed by atoms with Gasteiger partial charge in [-0.3, -0.25) is 9.59 Å². The van der Waals surface area contributed by atoms with Gasteiger partial charge in [0.25, 0.3) is 0 Å². The molecule has 0 fully saturated rings. The van der Waals surface area contributed by atoms with Gasteiger partial charge in [-0.2, -0.15) is 9.78 Å². The predicted molar refractivity (Wildman–Crippen MR) is 139 cm³/mol. The lowest BCUT2D eigenvalue weighted by atomic mass is 9.99. The van der Waals surface area contributed by atoms with Crippen molar-refractivity contribution >= 4 is 17.6 Å². The lowest BCUT2D eigenvalue weighted by molar-refractivity contribution is -0.132. The zero-order valence-corrected chi connectivity index (χ0v) is 20.6. The van der Waals surface area contributed by atoms with Crippen LogP contribution in [0.2, 0.25) is 0 Å². The molecular weight excluding hydrogens is 438 g/mol. The molecule has 0 spiro atoms. The highest BCUT2D eigenvalue weighted by Crippen LogP contribution is 2.41. The van der Waals surface area contributed by atoms with Gasteiger partial charge >= 0.3 is 5.97 Å². The molecule has 4 rings (SSSR count). The van der Waals surface area contributed by atoms with Gasteiger partial charge in [-0.25, -0.2) is 0 Å². The average Bonchev–Trinajstić information content (AvgIpc) is 3.18. The van der Waals surface area contributed by atoms with E-state index in [1.165, 1.54) is 6.92 Å². The summed E-state index contributed by atoms with van der Waals surface area (Å²) in [5.74, 6) is -0.253. The first-order valence-corrected chi connectivity index (χ1v) is 11.6. The van der Waals surface area contributed by atoms with Crippen LogP contribution in [0.15, 0.2) is 72.8 Å². The summed E-state index contributed by atoms with van der Waals surface area (Å²) in [6.45, 7) is 9.11. The Hall–Kier alpha value is -4.19. The van der Waals surface area contributed by atoms with Crippen LogP contribution in [0.4, 0.5) is 5.69 Å². The van der Waals surface area contributed by atoms with Crippen LogP contribution in [0.25, 0.3) is 28.1 Å². The predicted octanol–water partition coefficient (Wildman–Crippen LogP) is 6.34. The fourth-order valence-corrected chi connectivity index (χ4v) is 3.86. The van der Waals surface area contributed by atoms with E-state index < -0.39 is 5.97 Å². The smallest absolute Gasteiger partial charge is 0.309 e. The number of hydrogen-bond donors (Lipinski definition) is 1. The summed E-state index contributed by atoms with van der Waals surface area (Å²) in [5.41, 5.74) is 6.76. The molecule has 0 saturated carbocycles. The zero-order chi connectivity index (χ0) is 25.1. The molecule has 4 aromatic rings. The summed E-state index contributed by atoms with van der Waals surface area (Å²) < 4.78 is 7.48. The molecule has 1 amide bonds. The molecule has 1 aromatic heterocycles. The second-order valence-corrected chi connectivity index (χ2v) is 8.91. The fraction of sp³-hybridized carbons (Fsp3) is 0.207. The minimum Gasteiger partial charge on any atom is -0.407 e. The number of aromatic nitrogens is 2. The minimum atomic E-state index is -0.433. The number of ether oxygens (including phenoxy) is 1. The number of aryl methyl sites for hydroxylation is 2. The molecule has 0 atom stereocenters. The number of nitrogens with zero attached hydrogens (tertiary/aromatic N) is 2. The van der Waals surface area contributed by atoms with E-state index in [4.69, 9.17) is 9.84 Å². The summed E-state index contributed by atoms with van der Waals surface area (Å²) >= 11 is 0. The Kier molecular flexibility index (Phi) is 6.82. The number of anilines is 1. The van der Waals surface area contributed by atoms with Gasteiger partial charge in [-0.15, -0.1) is 0 Å². The summed E-state index contributed by atoms with van der Waals surface area (Å²) in [6, 6.07) is 23.4. The molecule has 1 heterocycles. The molecule has 1 N–H and O–H groups in total. The van der Waals surface area contributed by atoms with Crippen LogP contribution >= 0.6 is 0 Å². The van der Waals surface area contributed by atoms with Crippen LogP contribution in [-0.2, 0) is 9.59 Å². The molecule has 0 bridgehead atoms. The van der Waals surface area contributed by atoms with E-state index in [0.29, 0.717) is 22.8 Å². The molecule has 0 aliphatic heterocycles. The maximum absolute atomic E-state index is 12.2. The largest absolute Gasteiger partial charge is 0.407 e. The van der Waals surface area contributed by atoms with Crippen molar-refractivity contribution in [2.75, 3.05) is 5.32 Å². The highest BCUT2D eigenvalue weighted by atomic mass is 16.5. The third kappa shape index (κ3) is 5.17. The van der Waals surface area contributed by atoms with E-state index in [9.17, 15) is 9.59 Å². The van der Waals surface area contributed by atoms with Crippen LogP contribution in [-0.4, -0.2) is 21.7 Å². The van der Waals surface area contributed by atoms with Crippen molar-refractivity contribution in [2.45, 2.75) is 34.6 Å². The number of esters is 1. The third-order valence-electron chi connectivity index (χ3n) is 5.68. The number of rotatable bonds is 6. The Morgan fingerprint density at radius 3 is 2.26 bits per heavy atom. The number of hydrogen-bond acceptors (Lipinski definition) is 4. The summed E-state index contributed by atoms with van der Waals surface area (Å²) in [6.07, 6.45) is 0. The van der Waals surface area contributed by atoms with E-state index >= 15 is 0 Å². The summed E-state index contributed by atoms with van der Waals surface area (Å²) in [5, 5.41) is 7.86. The van der Waals surface area contributed by atoms with Crippen LogP contribution in [0, 0.1) is 19.8 Å². The van der Waals surface area contributed by atoms with Gasteiger partial charge in [0.05, 0.1) is 11.3 Å². The molecule has 178 valence electrons. The van der Waals surface area contributed by atoms with Crippen molar-refractivity contribution in [1.82, 2.24) is 9.78 Å². The number of benzene rings is 3. The topological polar surface area (TPSA) is 73.2 Å². The molecule has 0 aliphatic carbocycles. The zero-order valence-electron chi connectivity index (χ0n) is 20.6. The van der Waals surface area contributed by atoms with E-state index in [2.05, 4.69) is 11.4 Å². The first kappa shape index (κ1) is 24.0. The van der Waals surface area contributed by atoms with Crippen LogP contribution in [0.5, 0.6) is 5.88 Å². The molecule has 0 saturated heterocycles. The number of carbonyl (C=O) groups is 2. The van der Waals surface area contributed by atoms with Crippen LogP contribution in [0.1, 0.15) is 31.9 Å². The average molecular weight is 468 g/mol. The minimum absolute atomic E-state index is 0.0498. The second-order valence-electron chi connectivity index (χ2n) is 8.91. The Balaban J connectivity index is 1.94. The van der Waals surface area contributed by atoms with E-state index in [-0.39, 0.29) is 11.8 Å². The maximum Gasteiger partial charge on any atom is 0.309 e. The standard InChI is InChI=1S/C29H29N3O3/c1-18(2)28(34)30-24-15-13-22(14-16-24)26-27(23-11-8-9-19(3)17-23)31-32(29(26)35-21(5)33)25-12-7-6-10-20(25)4/h6-18H,1-5H3,(H,30,34). The Morgan fingerprint density at radius 1 is 0.914 bits per heavy atom. The fourth-order valence-electron chi connectivity index (χ4n) is 3.86. The molecule has 0 aliphatic rings. The van der Waals surface area contributed by atoms with Gasteiger partial charge in [0.2, 0.25) is 11.8 Å². The first-order valence-electron chi connectivity index (χ1n) is 11.6. The van der Waals surface area contributed by atoms with Gasteiger partial charge in [-0.1, -0.05) is 67.9 Å². The van der Waals surface area contributed by atoms with E-state index in [1.54, 1.807) is 4.68 Å². The van der Waals surface area contributed by atoms with Gasteiger partial charge in [0.15, 0.2) is 0 Å². The normalized spacial score (nSPS) is 10.9. The van der Waals surface area contributed by atoms with Crippen molar-refractivity contribution in [3.8, 4) is 34.0 Å². The molecule has 0 unspecified atom stereocenters. The highest BCUT2D eigenvalue weighted by Gasteiger charge is 2.25. The van der Waals surface area contributed by atoms with Crippen molar-refractivity contribution in [2.24, 2.45) is 5.92 Å². The monoisotopic (exact) mass is 467 g/mol. The molecule has 35 heavy (non-hydrogen) atoms. The Bertz CT molecular complexity index is 1380. The molecule has 6 heteroatoms. The molecule has 6 nitrogen and oxygen atoms in total. The van der Waals surface area contributed by atoms with Crippen molar-refractivity contribution in [3.63, 3.8) is 0 Å². The van der Waals surface area contributed by atoms with Crippen molar-refractivity contribution < 1.29 is 14.3 Å². The number of nitrogens with one attached hydrogen (secondary N) is 1. The molecular formula is C29H29N3O3. The summed E-state index contributed by atoms with van der Waals surface area (Å²) in [4.78, 5) is 24.3. The van der Waals surface area contributed by atoms with Crippen molar-refractivity contribution in [3.05, 3.63) is 83.9 Å². The van der Waals surface area contributed by atoms with Crippen LogP contribution in [0.3, 0.4) is 0 Å². The van der Waals surface area contributed by atoms with Gasteiger partial charge in [-0.05, 0) is 49.2 Å². The maximum atomic E-state index is 12.2. The lowest BCUT2D eigenvalue weighted by Gasteiger charge is -2.12. The van der Waals surface area contributed by atoms with E-state index in [0.717, 1.165) is 27.9 Å². The van der Waals surface area contributed by atoms with Crippen molar-refractivity contribution in [1.29, 1.82) is 0 Å². The van der Waals surface area contributed by atoms with Gasteiger partial charge < -0.3 is 10.1 Å². The molecule has 3 aromatic carbocycles.